The number of aryl methyl sites for hydroxylation is 1. The Balaban J connectivity index is 1.69. The number of nitrogens with zero attached hydrogens (tertiary/aromatic N) is 3. The van der Waals surface area contributed by atoms with Crippen molar-refractivity contribution in [2.24, 2.45) is 4.99 Å². The number of thioether (sulfide) groups is 1. The lowest BCUT2D eigenvalue weighted by atomic mass is 9.94. The highest BCUT2D eigenvalue weighted by Gasteiger charge is 2.38. The van der Waals surface area contributed by atoms with Crippen molar-refractivity contribution < 1.29 is 4.79 Å². The van der Waals surface area contributed by atoms with Gasteiger partial charge in [0, 0.05) is 15.9 Å². The highest BCUT2D eigenvalue weighted by Crippen LogP contribution is 2.39. The van der Waals surface area contributed by atoms with Gasteiger partial charge in [0.15, 0.2) is 5.17 Å². The maximum atomic E-state index is 13.2. The number of carbonyl (C=O) groups excluding carboxylic acids is 1. The summed E-state index contributed by atoms with van der Waals surface area (Å²) in [5.41, 5.74) is 1.97. The van der Waals surface area contributed by atoms with Crippen molar-refractivity contribution in [3.8, 4) is 0 Å². The van der Waals surface area contributed by atoms with Crippen LogP contribution < -0.4 is 0 Å². The van der Waals surface area contributed by atoms with Gasteiger partial charge in [-0.25, -0.2) is 4.98 Å². The van der Waals surface area contributed by atoms with E-state index in [1.165, 1.54) is 42.4 Å². The van der Waals surface area contributed by atoms with Crippen LogP contribution in [0.1, 0.15) is 43.4 Å². The van der Waals surface area contributed by atoms with E-state index < -0.39 is 0 Å². The van der Waals surface area contributed by atoms with Crippen LogP contribution in [0.15, 0.2) is 44.0 Å². The summed E-state index contributed by atoms with van der Waals surface area (Å²) in [5.74, 6) is 0.0684. The Labute approximate surface area is 175 Å². The number of benzene rings is 1. The minimum atomic E-state index is 0.0684. The number of amidine groups is 1. The molecule has 27 heavy (non-hydrogen) atoms. The van der Waals surface area contributed by atoms with Crippen molar-refractivity contribution >= 4 is 61.3 Å². The molecule has 2 fully saturated rings. The van der Waals surface area contributed by atoms with Crippen molar-refractivity contribution in [1.82, 2.24) is 9.88 Å². The summed E-state index contributed by atoms with van der Waals surface area (Å²) < 4.78 is 1.00. The maximum absolute atomic E-state index is 13.2. The molecule has 0 spiro atoms. The molecule has 4 nitrogen and oxygen atoms in total. The molecule has 0 atom stereocenters. The van der Waals surface area contributed by atoms with Crippen LogP contribution in [0, 0.1) is 6.92 Å². The number of aliphatic imine (C=N–C) groups is 1. The monoisotopic (exact) mass is 461 g/mol. The molecule has 0 radical (unpaired) electrons. The van der Waals surface area contributed by atoms with Crippen LogP contribution in [0.3, 0.4) is 0 Å². The molecule has 2 aliphatic rings. The standard InChI is InChI=1S/C20H20BrN3OS2/c1-13-12-26-19(22-13)23-20-24(16-8-3-2-4-9-16)18(25)17(27-20)11-14-6-5-7-15(21)10-14/h5-7,10-12,16H,2-4,8-9H2,1H3/b17-11-,23-20+. The lowest BCUT2D eigenvalue weighted by Gasteiger charge is -2.30. The quantitative estimate of drug-likeness (QED) is 0.514. The van der Waals surface area contributed by atoms with E-state index in [0.717, 1.165) is 38.6 Å². The number of aromatic nitrogens is 1. The molecule has 140 valence electrons. The molecule has 2 heterocycles. The highest BCUT2D eigenvalue weighted by molar-refractivity contribution is 9.10. The van der Waals surface area contributed by atoms with Crippen LogP contribution in [-0.2, 0) is 4.79 Å². The molecule has 1 aliphatic carbocycles. The molecule has 0 unspecified atom stereocenters. The molecule has 4 rings (SSSR count). The average Bonchev–Trinajstić information content (AvgIpc) is 3.19. The van der Waals surface area contributed by atoms with Crippen LogP contribution in [-0.4, -0.2) is 27.0 Å². The van der Waals surface area contributed by atoms with E-state index in [2.05, 4.69) is 20.9 Å². The highest BCUT2D eigenvalue weighted by atomic mass is 79.9. The van der Waals surface area contributed by atoms with Gasteiger partial charge in [-0.05, 0) is 55.3 Å². The van der Waals surface area contributed by atoms with Gasteiger partial charge in [0.1, 0.15) is 0 Å². The molecule has 1 saturated carbocycles. The van der Waals surface area contributed by atoms with Crippen molar-refractivity contribution in [2.45, 2.75) is 45.1 Å². The fourth-order valence-corrected chi connectivity index (χ4v) is 5.63. The zero-order valence-corrected chi connectivity index (χ0v) is 18.2. The molecular formula is C20H20BrN3OS2. The van der Waals surface area contributed by atoms with E-state index in [0.29, 0.717) is 5.13 Å². The van der Waals surface area contributed by atoms with Gasteiger partial charge in [0.25, 0.3) is 5.91 Å². The molecular weight excluding hydrogens is 442 g/mol. The summed E-state index contributed by atoms with van der Waals surface area (Å²) in [4.78, 5) is 25.1. The fourth-order valence-electron chi connectivity index (χ4n) is 3.45. The molecule has 1 amide bonds. The Hall–Kier alpha value is -1.44. The van der Waals surface area contributed by atoms with Gasteiger partial charge in [-0.2, -0.15) is 4.99 Å². The lowest BCUT2D eigenvalue weighted by molar-refractivity contribution is -0.124. The van der Waals surface area contributed by atoms with Crippen LogP contribution in [0.2, 0.25) is 0 Å². The van der Waals surface area contributed by atoms with Crippen molar-refractivity contribution in [3.05, 3.63) is 50.3 Å². The number of rotatable bonds is 3. The van der Waals surface area contributed by atoms with Crippen molar-refractivity contribution in [2.75, 3.05) is 0 Å². The minimum Gasteiger partial charge on any atom is -0.283 e. The number of halogens is 1. The summed E-state index contributed by atoms with van der Waals surface area (Å²) in [6, 6.07) is 8.23. The number of hydrogen-bond donors (Lipinski definition) is 0. The third-order valence-electron chi connectivity index (χ3n) is 4.72. The normalized spacial score (nSPS) is 21.6. The Morgan fingerprint density at radius 3 is 2.81 bits per heavy atom. The lowest BCUT2D eigenvalue weighted by Crippen LogP contribution is -2.40. The number of amides is 1. The zero-order valence-electron chi connectivity index (χ0n) is 15.0. The van der Waals surface area contributed by atoms with E-state index in [4.69, 9.17) is 4.99 Å². The summed E-state index contributed by atoms with van der Waals surface area (Å²) in [7, 11) is 0. The van der Waals surface area contributed by atoms with Crippen molar-refractivity contribution in [1.29, 1.82) is 0 Å². The van der Waals surface area contributed by atoms with E-state index in [1.807, 2.05) is 47.5 Å². The summed E-state index contributed by atoms with van der Waals surface area (Å²) >= 11 is 6.48. The van der Waals surface area contributed by atoms with Crippen LogP contribution in [0.5, 0.6) is 0 Å². The van der Waals surface area contributed by atoms with Gasteiger partial charge in [-0.3, -0.25) is 9.69 Å². The van der Waals surface area contributed by atoms with Crippen LogP contribution in [0.25, 0.3) is 6.08 Å². The van der Waals surface area contributed by atoms with E-state index in [-0.39, 0.29) is 11.9 Å². The van der Waals surface area contributed by atoms with E-state index in [9.17, 15) is 4.79 Å². The third-order valence-corrected chi connectivity index (χ3v) is 7.05. The minimum absolute atomic E-state index is 0.0684. The average molecular weight is 462 g/mol. The second kappa shape index (κ2) is 8.29. The fraction of sp³-hybridized carbons (Fsp3) is 0.350. The Morgan fingerprint density at radius 1 is 1.30 bits per heavy atom. The topological polar surface area (TPSA) is 45.6 Å². The smallest absolute Gasteiger partial charge is 0.267 e. The molecule has 2 aromatic rings. The van der Waals surface area contributed by atoms with Gasteiger partial charge in [0.2, 0.25) is 5.13 Å². The van der Waals surface area contributed by atoms with E-state index >= 15 is 0 Å². The molecule has 1 aliphatic heterocycles. The summed E-state index contributed by atoms with van der Waals surface area (Å²) in [6.45, 7) is 1.96. The zero-order chi connectivity index (χ0) is 18.8. The Bertz CT molecular complexity index is 915. The van der Waals surface area contributed by atoms with Crippen LogP contribution >= 0.6 is 39.0 Å². The SMILES string of the molecule is Cc1csc(/N=C2/S/C(=C\c3cccc(Br)c3)C(=O)N2C2CCCCC2)n1. The Kier molecular flexibility index (Phi) is 5.80. The first-order valence-electron chi connectivity index (χ1n) is 9.09. The second-order valence-corrected chi connectivity index (χ2v) is 9.56. The van der Waals surface area contributed by atoms with Crippen LogP contribution in [0.4, 0.5) is 5.13 Å². The number of carbonyl (C=O) groups is 1. The van der Waals surface area contributed by atoms with Gasteiger partial charge >= 0.3 is 0 Å². The predicted molar refractivity (Wildman–Crippen MR) is 117 cm³/mol. The maximum Gasteiger partial charge on any atom is 0.267 e. The first-order chi connectivity index (χ1) is 13.1. The van der Waals surface area contributed by atoms with Crippen molar-refractivity contribution in [3.63, 3.8) is 0 Å². The van der Waals surface area contributed by atoms with Gasteiger partial charge in [-0.1, -0.05) is 47.3 Å². The molecule has 0 bridgehead atoms. The van der Waals surface area contributed by atoms with E-state index in [1.54, 1.807) is 0 Å². The molecule has 0 N–H and O–H groups in total. The van der Waals surface area contributed by atoms with Gasteiger partial charge < -0.3 is 0 Å². The first-order valence-corrected chi connectivity index (χ1v) is 11.6. The third kappa shape index (κ3) is 4.36. The predicted octanol–water partition coefficient (Wildman–Crippen LogP) is 6.15. The van der Waals surface area contributed by atoms with Gasteiger partial charge in [-0.15, -0.1) is 11.3 Å². The Morgan fingerprint density at radius 2 is 2.11 bits per heavy atom. The number of thiazole rings is 1. The molecule has 7 heteroatoms. The summed E-state index contributed by atoms with van der Waals surface area (Å²) in [5, 5.41) is 3.47. The molecule has 1 aromatic heterocycles. The molecule has 1 aromatic carbocycles. The number of hydrogen-bond acceptors (Lipinski definition) is 5. The van der Waals surface area contributed by atoms with Gasteiger partial charge in [0.05, 0.1) is 10.6 Å². The molecule has 1 saturated heterocycles. The first kappa shape index (κ1) is 18.9. The largest absolute Gasteiger partial charge is 0.283 e. The second-order valence-electron chi connectivity index (χ2n) is 6.80. The summed E-state index contributed by atoms with van der Waals surface area (Å²) in [6.07, 6.45) is 7.66.